The van der Waals surface area contributed by atoms with Crippen LogP contribution < -0.4 is 115 Å². The second kappa shape index (κ2) is 50.5. The van der Waals surface area contributed by atoms with Gasteiger partial charge in [0.2, 0.25) is 70.9 Å². The van der Waals surface area contributed by atoms with Crippen molar-refractivity contribution in [1.82, 2.24) is 84.4 Å². The standard InChI is InChI=1S/C70H115N25O18S2/c1-35(96)52(75)64(109)90-48(29-37-12-16-40(98)17-13-37)62(107)95-54(70(3,4)115)66(111)91-49(31-39-32-80-34-83-39)61(106)86-43(10-7-27-81-68(76)77)55(100)87-47(22-26-74)60(105)94-53(36(2)97)65(110)89-46(21-25-73)59(104)84-42(9-5-6-23-71)57(102)93-51(33-114)63(108)88-45(20-24-72)58(103)85-44(11-8-28-82-69(78)79)56(101)92-50(67(112)113)30-38-14-18-41(99)19-15-38/h12-19,32,34-36,42-54,96-99,114-115H,5-11,20-31,33,71-75H2,1-4H3,(H,80,83)(H,84,104)(H,85,103)(H,86,106)(H,87,100)(H,88,108)(H,89,110)(H,90,109)(H,91,111)(H,92,101)(H,93,102)(H,94,105)(H,95,107)(H,112,113)(H4,76,77,81)(H4,78,79,82)/t35-,36-,42+,43+,44+,45+,46-,47+,48+,49+,50+,51+,52+,53+,54-/m1/s1. The van der Waals surface area contributed by atoms with Crippen molar-refractivity contribution in [2.75, 3.05) is 45.0 Å². The second-order valence-electron chi connectivity index (χ2n) is 27.7. The van der Waals surface area contributed by atoms with Crippen LogP contribution >= 0.6 is 25.3 Å². The smallest absolute Gasteiger partial charge is 0.326 e. The van der Waals surface area contributed by atoms with Gasteiger partial charge < -0.3 is 145 Å². The first-order valence-electron chi connectivity index (χ1n) is 37.1. The number of H-pyrrole nitrogens is 1. The topological polar surface area (TPSA) is 750 Å². The van der Waals surface area contributed by atoms with E-state index >= 15 is 0 Å². The quantitative estimate of drug-likeness (QED) is 0.0108. The number of hydrogen-bond acceptors (Lipinski definition) is 27. The first kappa shape index (κ1) is 98.5. The Morgan fingerprint density at radius 2 is 0.800 bits per heavy atom. The van der Waals surface area contributed by atoms with Crippen LogP contribution in [0.2, 0.25) is 0 Å². The Bertz CT molecular complexity index is 3690. The van der Waals surface area contributed by atoms with Gasteiger partial charge in [-0.25, -0.2) is 9.78 Å². The Balaban J connectivity index is 1.89. The Labute approximate surface area is 675 Å². The van der Waals surface area contributed by atoms with Crippen LogP contribution in [-0.2, 0) is 81.6 Å². The van der Waals surface area contributed by atoms with Gasteiger partial charge in [-0.1, -0.05) is 24.3 Å². The molecule has 0 saturated heterocycles. The van der Waals surface area contributed by atoms with E-state index in [9.17, 15) is 87.9 Å². The molecule has 0 bridgehead atoms. The number of aliphatic hydroxyl groups is 2. The average molecular weight is 1660 g/mol. The summed E-state index contributed by atoms with van der Waals surface area (Å²) in [7, 11) is 0. The lowest BCUT2D eigenvalue weighted by molar-refractivity contribution is -0.142. The third-order valence-electron chi connectivity index (χ3n) is 17.6. The van der Waals surface area contributed by atoms with Gasteiger partial charge >= 0.3 is 5.97 Å². The number of hydrogen-bond donors (Lipinski definition) is 31. The molecule has 640 valence electrons. The molecule has 36 N–H and O–H groups in total. The van der Waals surface area contributed by atoms with E-state index in [1.54, 1.807) is 0 Å². The summed E-state index contributed by atoms with van der Waals surface area (Å²) in [6, 6.07) is -9.11. The molecule has 3 rings (SSSR count). The van der Waals surface area contributed by atoms with E-state index in [2.05, 4.69) is 110 Å². The molecule has 0 aliphatic heterocycles. The highest BCUT2D eigenvalue weighted by atomic mass is 32.1. The van der Waals surface area contributed by atoms with Crippen molar-refractivity contribution in [3.8, 4) is 11.5 Å². The minimum absolute atomic E-state index is 0.0189. The molecule has 0 aliphatic carbocycles. The fraction of sp³-hybridized carbons (Fsp3) is 0.571. The zero-order valence-electron chi connectivity index (χ0n) is 64.5. The number of imidazole rings is 1. The first-order chi connectivity index (χ1) is 54.3. The van der Waals surface area contributed by atoms with Crippen molar-refractivity contribution in [2.24, 2.45) is 40.1 Å². The third-order valence-corrected chi connectivity index (χ3v) is 18.3. The number of aromatic nitrogens is 2. The van der Waals surface area contributed by atoms with Gasteiger partial charge in [-0.15, -0.1) is 0 Å². The minimum atomic E-state index is -1.90. The second-order valence-corrected chi connectivity index (χ2v) is 29.2. The van der Waals surface area contributed by atoms with Gasteiger partial charge in [0.05, 0.1) is 24.2 Å². The van der Waals surface area contributed by atoms with Crippen molar-refractivity contribution in [3.05, 3.63) is 77.9 Å². The molecule has 43 nitrogen and oxygen atoms in total. The highest BCUT2D eigenvalue weighted by Crippen LogP contribution is 2.21. The molecular weight excluding hydrogens is 1540 g/mol. The number of nitrogens with zero attached hydrogens (tertiary/aromatic N) is 1. The van der Waals surface area contributed by atoms with E-state index in [0.29, 0.717) is 17.5 Å². The summed E-state index contributed by atoms with van der Waals surface area (Å²) in [5.74, 6) is -14.9. The molecule has 115 heavy (non-hydrogen) atoms. The van der Waals surface area contributed by atoms with E-state index in [0.717, 1.165) is 6.92 Å². The van der Waals surface area contributed by atoms with E-state index in [4.69, 9.17) is 51.0 Å². The molecule has 0 radical (unpaired) electrons. The van der Waals surface area contributed by atoms with Gasteiger partial charge in [-0.05, 0) is 153 Å². The zero-order valence-corrected chi connectivity index (χ0v) is 66.3. The van der Waals surface area contributed by atoms with Crippen molar-refractivity contribution in [1.29, 1.82) is 10.8 Å². The van der Waals surface area contributed by atoms with Gasteiger partial charge in [0.25, 0.3) is 0 Å². The van der Waals surface area contributed by atoms with Crippen LogP contribution in [0.4, 0.5) is 0 Å². The maximum atomic E-state index is 14.7. The molecule has 45 heteroatoms. The highest BCUT2D eigenvalue weighted by molar-refractivity contribution is 7.81. The van der Waals surface area contributed by atoms with Crippen molar-refractivity contribution in [2.45, 2.75) is 207 Å². The molecule has 15 atom stereocenters. The number of carbonyl (C=O) groups is 13. The predicted octanol–water partition coefficient (Wildman–Crippen LogP) is -8.82. The number of thiol groups is 2. The van der Waals surface area contributed by atoms with E-state index in [1.807, 2.05) is 0 Å². The third kappa shape index (κ3) is 35.7. The monoisotopic (exact) mass is 1660 g/mol. The van der Waals surface area contributed by atoms with Gasteiger partial charge in [0.1, 0.15) is 90.0 Å². The van der Waals surface area contributed by atoms with Crippen LogP contribution in [-0.4, -0.2) is 265 Å². The number of rotatable bonds is 53. The fourth-order valence-electron chi connectivity index (χ4n) is 11.2. The number of unbranched alkanes of at least 4 members (excludes halogenated alkanes) is 1. The number of guanidine groups is 2. The van der Waals surface area contributed by atoms with Crippen LogP contribution in [0.15, 0.2) is 61.1 Å². The number of aliphatic carboxylic acids is 1. The lowest BCUT2D eigenvalue weighted by Gasteiger charge is -2.33. The van der Waals surface area contributed by atoms with Gasteiger partial charge in [-0.2, -0.15) is 25.3 Å². The van der Waals surface area contributed by atoms with Crippen molar-refractivity contribution >= 4 is 114 Å². The SMILES string of the molecule is C[C@@H](O)[C@H](N)C(=O)N[C@@H](Cc1ccc(O)cc1)C(=O)N[C@H](C(=O)N[C@@H](Cc1c[nH]cn1)C(=O)N[C@@H](CCCNC(=N)N)C(=O)N[C@@H](CCN)C(=O)N[C@H](C(=O)N[C@H](CCN)C(=O)N[C@@H](CCCCN)C(=O)N[C@@H](CS)C(=O)N[C@@H](CCN)C(=O)N[C@@H](CCCNC(=N)N)C(=O)N[C@@H](Cc1ccc(O)cc1)C(=O)O)[C@@H](C)O)C(C)(C)S. The zero-order chi connectivity index (χ0) is 86.2. The summed E-state index contributed by atoms with van der Waals surface area (Å²) < 4.78 is -1.44. The molecule has 0 spiro atoms. The number of aromatic hydroxyl groups is 2. The number of nitrogens with two attached hydrogens (primary N) is 7. The van der Waals surface area contributed by atoms with Gasteiger partial charge in [0, 0.05) is 49.0 Å². The number of carbonyl (C=O) groups excluding carboxylic acids is 12. The number of aliphatic hydroxyl groups excluding tert-OH is 2. The van der Waals surface area contributed by atoms with Crippen LogP contribution in [0, 0.1) is 10.8 Å². The Morgan fingerprint density at radius 3 is 1.17 bits per heavy atom. The summed E-state index contributed by atoms with van der Waals surface area (Å²) in [4.78, 5) is 190. The molecule has 0 fully saturated rings. The number of nitrogens with one attached hydrogen (secondary N) is 17. The molecule has 1 heterocycles. The number of amides is 12. The Kier molecular flexibility index (Phi) is 43.3. The summed E-state index contributed by atoms with van der Waals surface area (Å²) >= 11 is 8.88. The largest absolute Gasteiger partial charge is 0.508 e. The number of carboxylic acid groups (broad SMARTS) is 1. The average Bonchev–Trinajstić information content (AvgIpc) is 1.31. The van der Waals surface area contributed by atoms with Gasteiger partial charge in [0.15, 0.2) is 11.9 Å². The van der Waals surface area contributed by atoms with Crippen LogP contribution in [0.5, 0.6) is 11.5 Å². The van der Waals surface area contributed by atoms with Crippen LogP contribution in [0.1, 0.15) is 109 Å². The lowest BCUT2D eigenvalue weighted by Crippen LogP contribution is -2.64. The highest BCUT2D eigenvalue weighted by Gasteiger charge is 2.41. The van der Waals surface area contributed by atoms with Gasteiger partial charge in [-0.3, -0.25) is 68.4 Å². The summed E-state index contributed by atoms with van der Waals surface area (Å²) in [5, 5.41) is 101. The molecular formula is C70H115N25O18S2. The van der Waals surface area contributed by atoms with Crippen LogP contribution in [0.3, 0.4) is 0 Å². The number of aromatic amines is 1. The normalized spacial score (nSPS) is 15.2. The van der Waals surface area contributed by atoms with E-state index in [-0.39, 0.29) is 139 Å². The summed E-state index contributed by atoms with van der Waals surface area (Å²) in [5.41, 5.74) is 41.5. The molecule has 12 amide bonds. The van der Waals surface area contributed by atoms with E-state index < -0.39 is 184 Å². The van der Waals surface area contributed by atoms with Crippen LogP contribution in [0.25, 0.3) is 0 Å². The molecule has 2 aromatic carbocycles. The first-order valence-corrected chi connectivity index (χ1v) is 38.2. The molecule has 0 saturated carbocycles. The maximum Gasteiger partial charge on any atom is 0.326 e. The van der Waals surface area contributed by atoms with Crippen molar-refractivity contribution in [3.63, 3.8) is 0 Å². The van der Waals surface area contributed by atoms with Crippen molar-refractivity contribution < 1.29 is 87.9 Å². The maximum absolute atomic E-state index is 14.7. The Morgan fingerprint density at radius 1 is 0.452 bits per heavy atom. The van der Waals surface area contributed by atoms with E-state index in [1.165, 1.54) is 81.8 Å². The molecule has 0 aliphatic rings. The Hall–Kier alpha value is -10.7. The number of phenolic OH excluding ortho intramolecular Hbond substituents is 2. The molecule has 0 unspecified atom stereocenters. The molecule has 3 aromatic rings. The number of phenols is 2. The fourth-order valence-corrected chi connectivity index (χ4v) is 11.6. The minimum Gasteiger partial charge on any atom is -0.508 e. The number of benzene rings is 2. The lowest BCUT2D eigenvalue weighted by atomic mass is 9.98. The summed E-state index contributed by atoms with van der Waals surface area (Å²) in [6.07, 6.45) is -1.86. The number of carboxylic acids is 1. The molecule has 1 aromatic heterocycles. The predicted molar refractivity (Wildman–Crippen MR) is 427 cm³/mol. The summed E-state index contributed by atoms with van der Waals surface area (Å²) in [6.45, 7) is 4.73.